The maximum atomic E-state index is 9.42. The van der Waals surface area contributed by atoms with Crippen LogP contribution in [0.5, 0.6) is 0 Å². The summed E-state index contributed by atoms with van der Waals surface area (Å²) in [7, 11) is 0. The van der Waals surface area contributed by atoms with Crippen LogP contribution in [0.4, 0.5) is 0 Å². The SMILES string of the molecule is CCCCCCCCCC(O)OCC(O)CO. The van der Waals surface area contributed by atoms with Gasteiger partial charge in [0.25, 0.3) is 0 Å². The van der Waals surface area contributed by atoms with E-state index in [4.69, 9.17) is 14.9 Å². The Bertz CT molecular complexity index is 152. The van der Waals surface area contributed by atoms with Crippen molar-refractivity contribution in [3.63, 3.8) is 0 Å². The Balaban J connectivity index is 3.19. The fraction of sp³-hybridized carbons (Fsp3) is 1.00. The maximum absolute atomic E-state index is 9.42. The molecule has 0 saturated carbocycles. The first-order valence-electron chi connectivity index (χ1n) is 6.79. The van der Waals surface area contributed by atoms with Gasteiger partial charge in [-0.3, -0.25) is 0 Å². The van der Waals surface area contributed by atoms with Gasteiger partial charge in [0.2, 0.25) is 0 Å². The molecule has 0 radical (unpaired) electrons. The van der Waals surface area contributed by atoms with Crippen molar-refractivity contribution in [3.8, 4) is 0 Å². The summed E-state index contributed by atoms with van der Waals surface area (Å²) in [5, 5.41) is 27.0. The van der Waals surface area contributed by atoms with Crippen molar-refractivity contribution < 1.29 is 20.1 Å². The lowest BCUT2D eigenvalue weighted by Crippen LogP contribution is -2.24. The van der Waals surface area contributed by atoms with Gasteiger partial charge in [0.1, 0.15) is 6.10 Å². The summed E-state index contributed by atoms with van der Waals surface area (Å²) >= 11 is 0. The van der Waals surface area contributed by atoms with Gasteiger partial charge in [-0.15, -0.1) is 0 Å². The lowest BCUT2D eigenvalue weighted by molar-refractivity contribution is -0.130. The number of aliphatic hydroxyl groups is 3. The minimum absolute atomic E-state index is 0.00579. The first-order valence-corrected chi connectivity index (χ1v) is 6.79. The summed E-state index contributed by atoms with van der Waals surface area (Å²) in [6.45, 7) is 1.87. The van der Waals surface area contributed by atoms with Gasteiger partial charge in [0.15, 0.2) is 6.29 Å². The molecule has 0 aliphatic carbocycles. The van der Waals surface area contributed by atoms with Crippen molar-refractivity contribution in [1.82, 2.24) is 0 Å². The average Bonchev–Trinajstić information content (AvgIpc) is 2.34. The lowest BCUT2D eigenvalue weighted by atomic mass is 10.1. The molecule has 0 aromatic rings. The Morgan fingerprint density at radius 1 is 0.941 bits per heavy atom. The Hall–Kier alpha value is -0.160. The van der Waals surface area contributed by atoms with Crippen molar-refractivity contribution in [3.05, 3.63) is 0 Å². The summed E-state index contributed by atoms with van der Waals surface area (Å²) < 4.78 is 4.99. The number of unbranched alkanes of at least 4 members (excludes halogenated alkanes) is 6. The zero-order valence-corrected chi connectivity index (χ0v) is 11.0. The predicted molar refractivity (Wildman–Crippen MR) is 67.7 cm³/mol. The van der Waals surface area contributed by atoms with Crippen LogP contribution in [0, 0.1) is 0 Å². The molecule has 0 aliphatic rings. The van der Waals surface area contributed by atoms with Crippen LogP contribution in [0.15, 0.2) is 0 Å². The third-order valence-corrected chi connectivity index (χ3v) is 2.75. The fourth-order valence-electron chi connectivity index (χ4n) is 1.63. The van der Waals surface area contributed by atoms with Crippen LogP contribution in [0.1, 0.15) is 58.3 Å². The molecule has 0 fully saturated rings. The van der Waals surface area contributed by atoms with E-state index in [1.165, 1.54) is 32.1 Å². The molecule has 3 N–H and O–H groups in total. The monoisotopic (exact) mass is 248 g/mol. The second-order valence-electron chi connectivity index (χ2n) is 4.53. The largest absolute Gasteiger partial charge is 0.394 e. The first-order chi connectivity index (χ1) is 8.20. The standard InChI is InChI=1S/C13H28O4/c1-2-3-4-5-6-7-8-9-13(16)17-11-12(15)10-14/h12-16H,2-11H2,1H3. The summed E-state index contributed by atoms with van der Waals surface area (Å²) in [6, 6.07) is 0. The van der Waals surface area contributed by atoms with E-state index in [0.29, 0.717) is 6.42 Å². The zero-order chi connectivity index (χ0) is 12.9. The van der Waals surface area contributed by atoms with Crippen molar-refractivity contribution in [2.24, 2.45) is 0 Å². The summed E-state index contributed by atoms with van der Waals surface area (Å²) in [5.74, 6) is 0. The molecule has 17 heavy (non-hydrogen) atoms. The second-order valence-corrected chi connectivity index (χ2v) is 4.53. The number of hydrogen-bond donors (Lipinski definition) is 3. The van der Waals surface area contributed by atoms with Crippen molar-refractivity contribution in [2.45, 2.75) is 70.7 Å². The van der Waals surface area contributed by atoms with E-state index in [-0.39, 0.29) is 13.2 Å². The van der Waals surface area contributed by atoms with Crippen molar-refractivity contribution in [2.75, 3.05) is 13.2 Å². The number of aliphatic hydroxyl groups excluding tert-OH is 3. The topological polar surface area (TPSA) is 69.9 Å². The highest BCUT2D eigenvalue weighted by Crippen LogP contribution is 2.10. The normalized spacial score (nSPS) is 14.8. The molecule has 2 atom stereocenters. The molecule has 0 saturated heterocycles. The van der Waals surface area contributed by atoms with E-state index >= 15 is 0 Å². The van der Waals surface area contributed by atoms with E-state index in [2.05, 4.69) is 6.92 Å². The quantitative estimate of drug-likeness (QED) is 0.364. The Morgan fingerprint density at radius 3 is 2.12 bits per heavy atom. The van der Waals surface area contributed by atoms with E-state index in [0.717, 1.165) is 12.8 Å². The predicted octanol–water partition coefficient (Wildman–Crippen LogP) is 1.82. The van der Waals surface area contributed by atoms with Gasteiger partial charge in [-0.05, 0) is 12.8 Å². The van der Waals surface area contributed by atoms with Crippen LogP contribution in [-0.4, -0.2) is 40.9 Å². The molecule has 0 heterocycles. The van der Waals surface area contributed by atoms with Crippen LogP contribution in [-0.2, 0) is 4.74 Å². The summed E-state index contributed by atoms with van der Waals surface area (Å²) in [5.41, 5.74) is 0. The molecule has 0 aromatic heterocycles. The van der Waals surface area contributed by atoms with Crippen molar-refractivity contribution >= 4 is 0 Å². The van der Waals surface area contributed by atoms with Crippen LogP contribution >= 0.6 is 0 Å². The van der Waals surface area contributed by atoms with E-state index in [9.17, 15) is 5.11 Å². The van der Waals surface area contributed by atoms with Crippen molar-refractivity contribution in [1.29, 1.82) is 0 Å². The smallest absolute Gasteiger partial charge is 0.154 e. The van der Waals surface area contributed by atoms with Gasteiger partial charge in [0.05, 0.1) is 13.2 Å². The number of ether oxygens (including phenoxy) is 1. The highest BCUT2D eigenvalue weighted by Gasteiger charge is 2.07. The van der Waals surface area contributed by atoms with Crippen LogP contribution < -0.4 is 0 Å². The molecule has 0 spiro atoms. The van der Waals surface area contributed by atoms with Crippen LogP contribution in [0.2, 0.25) is 0 Å². The lowest BCUT2D eigenvalue weighted by Gasteiger charge is -2.14. The van der Waals surface area contributed by atoms with Gasteiger partial charge in [-0.1, -0.05) is 45.4 Å². The minimum atomic E-state index is -0.890. The summed E-state index contributed by atoms with van der Waals surface area (Å²) in [4.78, 5) is 0. The first kappa shape index (κ1) is 16.8. The molecule has 104 valence electrons. The van der Waals surface area contributed by atoms with E-state index < -0.39 is 12.4 Å². The second kappa shape index (κ2) is 12.3. The van der Waals surface area contributed by atoms with Crippen LogP contribution in [0.3, 0.4) is 0 Å². The Kier molecular flexibility index (Phi) is 12.2. The van der Waals surface area contributed by atoms with Gasteiger partial charge in [-0.2, -0.15) is 0 Å². The molecule has 0 bridgehead atoms. The molecule has 2 unspecified atom stereocenters. The molecule has 0 amide bonds. The minimum Gasteiger partial charge on any atom is -0.394 e. The average molecular weight is 248 g/mol. The molecular weight excluding hydrogens is 220 g/mol. The van der Waals surface area contributed by atoms with Gasteiger partial charge in [-0.25, -0.2) is 0 Å². The molecule has 0 rings (SSSR count). The summed E-state index contributed by atoms with van der Waals surface area (Å²) in [6.07, 6.45) is 7.33. The molecule has 0 aromatic carbocycles. The number of rotatable bonds is 12. The van der Waals surface area contributed by atoms with Gasteiger partial charge >= 0.3 is 0 Å². The third-order valence-electron chi connectivity index (χ3n) is 2.75. The fourth-order valence-corrected chi connectivity index (χ4v) is 1.63. The highest BCUT2D eigenvalue weighted by molar-refractivity contribution is 4.52. The Labute approximate surface area is 105 Å². The van der Waals surface area contributed by atoms with Crippen LogP contribution in [0.25, 0.3) is 0 Å². The molecule has 4 nitrogen and oxygen atoms in total. The van der Waals surface area contributed by atoms with E-state index in [1.54, 1.807) is 0 Å². The Morgan fingerprint density at radius 2 is 1.53 bits per heavy atom. The molecular formula is C13H28O4. The number of hydrogen-bond acceptors (Lipinski definition) is 4. The zero-order valence-electron chi connectivity index (χ0n) is 11.0. The molecule has 0 aliphatic heterocycles. The third kappa shape index (κ3) is 12.1. The maximum Gasteiger partial charge on any atom is 0.154 e. The molecule has 4 heteroatoms. The highest BCUT2D eigenvalue weighted by atomic mass is 16.6. The van der Waals surface area contributed by atoms with Gasteiger partial charge < -0.3 is 20.1 Å². The van der Waals surface area contributed by atoms with Gasteiger partial charge in [0, 0.05) is 0 Å². The van der Waals surface area contributed by atoms with E-state index in [1.807, 2.05) is 0 Å².